The Morgan fingerprint density at radius 3 is 2.43 bits per heavy atom. The fraction of sp³-hybridized carbons (Fsp3) is 0.238. The minimum absolute atomic E-state index is 0.0997. The van der Waals surface area contributed by atoms with E-state index in [0.717, 1.165) is 10.5 Å². The topological polar surface area (TPSA) is 92.8 Å². The van der Waals surface area contributed by atoms with Crippen molar-refractivity contribution in [2.75, 3.05) is 11.4 Å². The Bertz CT molecular complexity index is 983. The predicted molar refractivity (Wildman–Crippen MR) is 102 cm³/mol. The molecule has 7 nitrogen and oxygen atoms in total. The third-order valence-corrected chi connectivity index (χ3v) is 4.48. The van der Waals surface area contributed by atoms with Gasteiger partial charge in [-0.05, 0) is 50.6 Å². The van der Waals surface area contributed by atoms with Crippen LogP contribution in [0.25, 0.3) is 0 Å². The highest BCUT2D eigenvalue weighted by atomic mass is 16.5. The molecule has 3 amide bonds. The molecule has 144 valence electrons. The van der Waals surface area contributed by atoms with Crippen molar-refractivity contribution < 1.29 is 23.9 Å². The number of likely N-dealkylation sites (N-methyl/N-ethyl adjacent to an activating group) is 1. The van der Waals surface area contributed by atoms with Crippen LogP contribution in [0.3, 0.4) is 0 Å². The number of fused-ring (bicyclic) bond motifs is 1. The van der Waals surface area contributed by atoms with Crippen LogP contribution in [0.15, 0.2) is 42.5 Å². The van der Waals surface area contributed by atoms with E-state index >= 15 is 0 Å². The van der Waals surface area contributed by atoms with Crippen molar-refractivity contribution >= 4 is 29.4 Å². The second kappa shape index (κ2) is 7.64. The summed E-state index contributed by atoms with van der Waals surface area (Å²) in [5.41, 5.74) is 1.74. The summed E-state index contributed by atoms with van der Waals surface area (Å²) in [6, 6.07) is 11.3. The highest BCUT2D eigenvalue weighted by molar-refractivity contribution is 6.34. The molecule has 0 unspecified atom stereocenters. The summed E-state index contributed by atoms with van der Waals surface area (Å²) in [7, 11) is 0. The fourth-order valence-corrected chi connectivity index (χ4v) is 3.00. The molecule has 1 heterocycles. The van der Waals surface area contributed by atoms with Crippen molar-refractivity contribution in [2.24, 2.45) is 0 Å². The molecule has 3 rings (SSSR count). The molecule has 0 saturated carbocycles. The maximum Gasteiger partial charge on any atom is 0.338 e. The van der Waals surface area contributed by atoms with Crippen LogP contribution < -0.4 is 10.2 Å². The summed E-state index contributed by atoms with van der Waals surface area (Å²) in [5.74, 6) is -2.09. The van der Waals surface area contributed by atoms with Gasteiger partial charge in [-0.2, -0.15) is 0 Å². The molecule has 0 aliphatic carbocycles. The largest absolute Gasteiger partial charge is 0.449 e. The number of rotatable bonds is 5. The zero-order chi connectivity index (χ0) is 20.4. The number of hydrogen-bond donors (Lipinski definition) is 1. The van der Waals surface area contributed by atoms with Gasteiger partial charge in [0.05, 0.1) is 22.4 Å². The molecule has 0 fully saturated rings. The number of ether oxygens (including phenoxy) is 1. The Morgan fingerprint density at radius 2 is 1.75 bits per heavy atom. The SMILES string of the molecule is CCNC(=O)[C@@H](C)OC(=O)c1ccc2c(c1)C(=O)N(c1ccccc1C)C2=O. The van der Waals surface area contributed by atoms with Crippen LogP contribution in [0.2, 0.25) is 0 Å². The molecule has 2 aromatic rings. The molecule has 0 aromatic heterocycles. The van der Waals surface area contributed by atoms with Crippen molar-refractivity contribution in [2.45, 2.75) is 26.9 Å². The van der Waals surface area contributed by atoms with E-state index in [0.29, 0.717) is 12.2 Å². The number of carbonyl (C=O) groups is 4. The number of amides is 3. The molecule has 1 N–H and O–H groups in total. The van der Waals surface area contributed by atoms with Crippen molar-refractivity contribution in [1.82, 2.24) is 5.32 Å². The lowest BCUT2D eigenvalue weighted by molar-refractivity contribution is -0.128. The van der Waals surface area contributed by atoms with Gasteiger partial charge in [-0.25, -0.2) is 9.69 Å². The van der Waals surface area contributed by atoms with Crippen LogP contribution in [0.1, 0.15) is 50.5 Å². The van der Waals surface area contributed by atoms with Gasteiger partial charge in [-0.3, -0.25) is 14.4 Å². The first-order valence-electron chi connectivity index (χ1n) is 8.92. The number of aryl methyl sites for hydroxylation is 1. The molecular weight excluding hydrogens is 360 g/mol. The van der Waals surface area contributed by atoms with Crippen molar-refractivity contribution in [1.29, 1.82) is 0 Å². The monoisotopic (exact) mass is 380 g/mol. The van der Waals surface area contributed by atoms with Crippen LogP contribution in [0.4, 0.5) is 5.69 Å². The van der Waals surface area contributed by atoms with Crippen LogP contribution in [-0.2, 0) is 9.53 Å². The molecule has 7 heteroatoms. The second-order valence-electron chi connectivity index (χ2n) is 6.43. The lowest BCUT2D eigenvalue weighted by atomic mass is 10.1. The second-order valence-corrected chi connectivity index (χ2v) is 6.43. The van der Waals surface area contributed by atoms with Gasteiger partial charge in [0.1, 0.15) is 0 Å². The van der Waals surface area contributed by atoms with Crippen molar-refractivity contribution in [3.63, 3.8) is 0 Å². The molecule has 2 aromatic carbocycles. The number of carbonyl (C=O) groups excluding carboxylic acids is 4. The third kappa shape index (κ3) is 3.38. The van der Waals surface area contributed by atoms with Gasteiger partial charge in [0.25, 0.3) is 17.7 Å². The molecular formula is C21H20N2O5. The first kappa shape index (κ1) is 19.3. The predicted octanol–water partition coefficient (Wildman–Crippen LogP) is 2.48. The standard InChI is InChI=1S/C21H20N2O5/c1-4-22-18(24)13(3)28-21(27)14-9-10-15-16(11-14)20(26)23(19(15)25)17-8-6-5-7-12(17)2/h5-11,13H,4H2,1-3H3,(H,22,24)/t13-/m1/s1. The zero-order valence-electron chi connectivity index (χ0n) is 15.8. The number of hydrogen-bond acceptors (Lipinski definition) is 5. The number of imide groups is 1. The van der Waals surface area contributed by atoms with Crippen LogP contribution in [0.5, 0.6) is 0 Å². The van der Waals surface area contributed by atoms with Gasteiger partial charge in [0, 0.05) is 6.54 Å². The van der Waals surface area contributed by atoms with E-state index in [4.69, 9.17) is 4.74 Å². The first-order chi connectivity index (χ1) is 13.3. The maximum atomic E-state index is 12.8. The summed E-state index contributed by atoms with van der Waals surface area (Å²) in [6.07, 6.45) is -0.971. The van der Waals surface area contributed by atoms with E-state index in [1.807, 2.05) is 19.1 Å². The summed E-state index contributed by atoms with van der Waals surface area (Å²) >= 11 is 0. The van der Waals surface area contributed by atoms with E-state index in [1.165, 1.54) is 25.1 Å². The summed E-state index contributed by atoms with van der Waals surface area (Å²) < 4.78 is 5.14. The Morgan fingerprint density at radius 1 is 1.07 bits per heavy atom. The zero-order valence-corrected chi connectivity index (χ0v) is 15.8. The van der Waals surface area contributed by atoms with Crippen molar-refractivity contribution in [3.05, 3.63) is 64.7 Å². The van der Waals surface area contributed by atoms with Gasteiger partial charge in [-0.15, -0.1) is 0 Å². The maximum absolute atomic E-state index is 12.8. The Hall–Kier alpha value is -3.48. The minimum atomic E-state index is -0.971. The van der Waals surface area contributed by atoms with Gasteiger partial charge in [0.2, 0.25) is 0 Å². The Kier molecular flexibility index (Phi) is 5.26. The molecule has 1 atom stereocenters. The molecule has 0 radical (unpaired) electrons. The number of nitrogens with zero attached hydrogens (tertiary/aromatic N) is 1. The summed E-state index contributed by atoms with van der Waals surface area (Å²) in [6.45, 7) is 5.45. The fourth-order valence-electron chi connectivity index (χ4n) is 3.00. The van der Waals surface area contributed by atoms with E-state index in [-0.39, 0.29) is 16.7 Å². The molecule has 0 saturated heterocycles. The lowest BCUT2D eigenvalue weighted by Crippen LogP contribution is -2.35. The minimum Gasteiger partial charge on any atom is -0.449 e. The third-order valence-electron chi connectivity index (χ3n) is 4.48. The average Bonchev–Trinajstić information content (AvgIpc) is 2.92. The van der Waals surface area contributed by atoms with Gasteiger partial charge < -0.3 is 10.1 Å². The molecule has 1 aliphatic heterocycles. The highest BCUT2D eigenvalue weighted by Gasteiger charge is 2.38. The Balaban J connectivity index is 1.87. The van der Waals surface area contributed by atoms with Crippen LogP contribution in [-0.4, -0.2) is 36.3 Å². The lowest BCUT2D eigenvalue weighted by Gasteiger charge is -2.16. The number of nitrogens with one attached hydrogen (secondary N) is 1. The van der Waals surface area contributed by atoms with Crippen LogP contribution >= 0.6 is 0 Å². The molecule has 0 spiro atoms. The smallest absolute Gasteiger partial charge is 0.338 e. The average molecular weight is 380 g/mol. The normalized spacial score (nSPS) is 13.9. The summed E-state index contributed by atoms with van der Waals surface area (Å²) in [5, 5.41) is 2.56. The Labute approximate surface area is 162 Å². The number of anilines is 1. The molecule has 0 bridgehead atoms. The van der Waals surface area contributed by atoms with Gasteiger partial charge in [-0.1, -0.05) is 18.2 Å². The number of para-hydroxylation sites is 1. The summed E-state index contributed by atoms with van der Waals surface area (Å²) in [4.78, 5) is 50.7. The van der Waals surface area contributed by atoms with E-state index in [2.05, 4.69) is 5.32 Å². The molecule has 1 aliphatic rings. The quantitative estimate of drug-likeness (QED) is 0.635. The van der Waals surface area contributed by atoms with Crippen molar-refractivity contribution in [3.8, 4) is 0 Å². The number of esters is 1. The van der Waals surface area contributed by atoms with E-state index in [1.54, 1.807) is 19.1 Å². The first-order valence-corrected chi connectivity index (χ1v) is 8.92. The van der Waals surface area contributed by atoms with E-state index in [9.17, 15) is 19.2 Å². The molecule has 28 heavy (non-hydrogen) atoms. The van der Waals surface area contributed by atoms with Crippen LogP contribution in [0, 0.1) is 6.92 Å². The van der Waals surface area contributed by atoms with Gasteiger partial charge >= 0.3 is 5.97 Å². The number of benzene rings is 2. The van der Waals surface area contributed by atoms with Gasteiger partial charge in [0.15, 0.2) is 6.10 Å². The highest BCUT2D eigenvalue weighted by Crippen LogP contribution is 2.31. The van der Waals surface area contributed by atoms with E-state index < -0.39 is 29.8 Å².